The van der Waals surface area contributed by atoms with E-state index in [0.29, 0.717) is 21.7 Å². The Kier molecular flexibility index (Phi) is 2.89. The van der Waals surface area contributed by atoms with Crippen molar-refractivity contribution in [3.63, 3.8) is 0 Å². The maximum absolute atomic E-state index is 6.03. The van der Waals surface area contributed by atoms with Crippen LogP contribution in [0.15, 0.2) is 30.3 Å². The van der Waals surface area contributed by atoms with Gasteiger partial charge in [-0.05, 0) is 12.5 Å². The minimum absolute atomic E-state index is 0.388. The predicted molar refractivity (Wildman–Crippen MR) is 62.2 cm³/mol. The first kappa shape index (κ1) is 10.4. The van der Waals surface area contributed by atoms with Crippen LogP contribution in [0.1, 0.15) is 5.82 Å². The van der Waals surface area contributed by atoms with Gasteiger partial charge >= 0.3 is 0 Å². The Morgan fingerprint density at radius 3 is 2.00 bits per heavy atom. The average Bonchev–Trinajstić information content (AvgIpc) is 2.17. The van der Waals surface area contributed by atoms with Gasteiger partial charge < -0.3 is 0 Å². The molecule has 0 N–H and O–H groups in total. The summed E-state index contributed by atoms with van der Waals surface area (Å²) in [4.78, 5) is 8.16. The molecule has 0 radical (unpaired) electrons. The fourth-order valence-corrected chi connectivity index (χ4v) is 2.04. The Hall–Kier alpha value is -1.12. The van der Waals surface area contributed by atoms with E-state index < -0.39 is 0 Å². The van der Waals surface area contributed by atoms with Crippen LogP contribution in [0.4, 0.5) is 0 Å². The van der Waals surface area contributed by atoms with Crippen LogP contribution in [0.25, 0.3) is 11.1 Å². The Morgan fingerprint density at radius 1 is 0.933 bits per heavy atom. The van der Waals surface area contributed by atoms with E-state index in [9.17, 15) is 0 Å². The first-order chi connectivity index (χ1) is 7.18. The molecule has 2 nitrogen and oxygen atoms in total. The van der Waals surface area contributed by atoms with Crippen LogP contribution in [0, 0.1) is 6.92 Å². The van der Waals surface area contributed by atoms with Crippen molar-refractivity contribution in [2.24, 2.45) is 0 Å². The Balaban J connectivity index is 2.64. The van der Waals surface area contributed by atoms with Gasteiger partial charge in [-0.25, -0.2) is 9.97 Å². The summed E-state index contributed by atoms with van der Waals surface area (Å²) in [6.07, 6.45) is 0. The summed E-state index contributed by atoms with van der Waals surface area (Å²) in [5, 5.41) is 0.775. The van der Waals surface area contributed by atoms with Crippen molar-refractivity contribution in [1.82, 2.24) is 9.97 Å². The Bertz CT molecular complexity index is 460. The molecule has 76 valence electrons. The first-order valence-electron chi connectivity index (χ1n) is 4.43. The molecule has 2 rings (SSSR count). The van der Waals surface area contributed by atoms with Crippen molar-refractivity contribution in [3.8, 4) is 11.1 Å². The minimum Gasteiger partial charge on any atom is -0.221 e. The summed E-state index contributed by atoms with van der Waals surface area (Å²) >= 11 is 12.1. The maximum Gasteiger partial charge on any atom is 0.142 e. The molecule has 0 bridgehead atoms. The second kappa shape index (κ2) is 4.17. The molecule has 2 aromatic rings. The van der Waals surface area contributed by atoms with Gasteiger partial charge in [0.2, 0.25) is 0 Å². The lowest BCUT2D eigenvalue weighted by Gasteiger charge is -2.06. The highest BCUT2D eigenvalue weighted by Gasteiger charge is 2.11. The molecule has 0 unspecified atom stereocenters. The zero-order valence-corrected chi connectivity index (χ0v) is 9.55. The van der Waals surface area contributed by atoms with E-state index >= 15 is 0 Å². The molecule has 0 atom stereocenters. The van der Waals surface area contributed by atoms with E-state index in [-0.39, 0.29) is 0 Å². The molecule has 0 amide bonds. The molecule has 0 saturated heterocycles. The molecule has 0 aliphatic rings. The molecule has 4 heteroatoms. The first-order valence-corrected chi connectivity index (χ1v) is 5.19. The van der Waals surface area contributed by atoms with Crippen LogP contribution in [0.5, 0.6) is 0 Å². The van der Waals surface area contributed by atoms with Gasteiger partial charge in [0.1, 0.15) is 16.1 Å². The summed E-state index contributed by atoms with van der Waals surface area (Å²) in [5.41, 5.74) is 1.61. The number of nitrogens with zero attached hydrogens (tertiary/aromatic N) is 2. The molecule has 0 spiro atoms. The van der Waals surface area contributed by atoms with E-state index in [4.69, 9.17) is 23.2 Å². The highest BCUT2D eigenvalue weighted by Crippen LogP contribution is 2.31. The standard InChI is InChI=1S/C11H8Cl2N2/c1-7-14-10(12)9(11(13)15-7)8-5-3-2-4-6-8/h2-6H,1H3. The van der Waals surface area contributed by atoms with E-state index in [1.165, 1.54) is 0 Å². The lowest BCUT2D eigenvalue weighted by molar-refractivity contribution is 1.06. The van der Waals surface area contributed by atoms with Crippen molar-refractivity contribution in [3.05, 3.63) is 46.5 Å². The third-order valence-electron chi connectivity index (χ3n) is 1.99. The Labute approximate surface area is 97.9 Å². The normalized spacial score (nSPS) is 10.3. The topological polar surface area (TPSA) is 25.8 Å². The summed E-state index contributed by atoms with van der Waals surface area (Å²) in [5.74, 6) is 0.574. The van der Waals surface area contributed by atoms with Gasteiger partial charge in [0.05, 0.1) is 5.56 Å². The monoisotopic (exact) mass is 238 g/mol. The molecule has 1 heterocycles. The maximum atomic E-state index is 6.03. The van der Waals surface area contributed by atoms with Crippen molar-refractivity contribution in [2.75, 3.05) is 0 Å². The molecule has 0 fully saturated rings. The summed E-state index contributed by atoms with van der Waals surface area (Å²) in [6, 6.07) is 9.61. The molecule has 0 aliphatic carbocycles. The molecule has 15 heavy (non-hydrogen) atoms. The van der Waals surface area contributed by atoms with Crippen molar-refractivity contribution in [1.29, 1.82) is 0 Å². The van der Waals surface area contributed by atoms with Crippen LogP contribution in [-0.2, 0) is 0 Å². The van der Waals surface area contributed by atoms with E-state index in [0.717, 1.165) is 5.56 Å². The molecule has 1 aromatic heterocycles. The van der Waals surface area contributed by atoms with Gasteiger partial charge in [0.25, 0.3) is 0 Å². The number of benzene rings is 1. The zero-order chi connectivity index (χ0) is 10.8. The summed E-state index contributed by atoms with van der Waals surface area (Å²) in [6.45, 7) is 1.76. The van der Waals surface area contributed by atoms with Gasteiger partial charge in [-0.3, -0.25) is 0 Å². The van der Waals surface area contributed by atoms with Crippen LogP contribution < -0.4 is 0 Å². The average molecular weight is 239 g/mol. The highest BCUT2D eigenvalue weighted by atomic mass is 35.5. The van der Waals surface area contributed by atoms with E-state index in [1.54, 1.807) is 6.92 Å². The summed E-state index contributed by atoms with van der Waals surface area (Å²) < 4.78 is 0. The van der Waals surface area contributed by atoms with Crippen molar-refractivity contribution >= 4 is 23.2 Å². The SMILES string of the molecule is Cc1nc(Cl)c(-c2ccccc2)c(Cl)n1. The van der Waals surface area contributed by atoms with E-state index in [2.05, 4.69) is 9.97 Å². The van der Waals surface area contributed by atoms with Crippen molar-refractivity contribution in [2.45, 2.75) is 6.92 Å². The third-order valence-corrected chi connectivity index (χ3v) is 2.54. The second-order valence-corrected chi connectivity index (χ2v) is 3.81. The summed E-state index contributed by atoms with van der Waals surface area (Å²) in [7, 11) is 0. The number of aromatic nitrogens is 2. The number of halogens is 2. The largest absolute Gasteiger partial charge is 0.221 e. The van der Waals surface area contributed by atoms with Crippen LogP contribution in [0.2, 0.25) is 10.3 Å². The van der Waals surface area contributed by atoms with E-state index in [1.807, 2.05) is 30.3 Å². The fourth-order valence-electron chi connectivity index (χ4n) is 1.35. The highest BCUT2D eigenvalue weighted by molar-refractivity contribution is 6.37. The zero-order valence-electron chi connectivity index (χ0n) is 8.04. The van der Waals surface area contributed by atoms with Gasteiger partial charge in [-0.15, -0.1) is 0 Å². The van der Waals surface area contributed by atoms with Crippen LogP contribution in [-0.4, -0.2) is 9.97 Å². The van der Waals surface area contributed by atoms with Gasteiger partial charge in [0.15, 0.2) is 0 Å². The molecule has 0 saturated carbocycles. The molecule has 0 aliphatic heterocycles. The fraction of sp³-hybridized carbons (Fsp3) is 0.0909. The number of rotatable bonds is 1. The number of aryl methyl sites for hydroxylation is 1. The van der Waals surface area contributed by atoms with Gasteiger partial charge in [-0.1, -0.05) is 53.5 Å². The van der Waals surface area contributed by atoms with Gasteiger partial charge in [0, 0.05) is 0 Å². The lowest BCUT2D eigenvalue weighted by Crippen LogP contribution is -1.93. The molecular formula is C11H8Cl2N2. The Morgan fingerprint density at radius 2 is 1.47 bits per heavy atom. The predicted octanol–water partition coefficient (Wildman–Crippen LogP) is 3.76. The smallest absolute Gasteiger partial charge is 0.142 e. The van der Waals surface area contributed by atoms with Gasteiger partial charge in [-0.2, -0.15) is 0 Å². The van der Waals surface area contributed by atoms with Crippen molar-refractivity contribution < 1.29 is 0 Å². The molecular weight excluding hydrogens is 231 g/mol. The van der Waals surface area contributed by atoms with Crippen LogP contribution >= 0.6 is 23.2 Å². The molecule has 1 aromatic carbocycles. The van der Waals surface area contributed by atoms with Crippen LogP contribution in [0.3, 0.4) is 0 Å². The lowest BCUT2D eigenvalue weighted by atomic mass is 10.1. The number of hydrogen-bond acceptors (Lipinski definition) is 2. The third kappa shape index (κ3) is 2.11. The second-order valence-electron chi connectivity index (χ2n) is 3.09. The minimum atomic E-state index is 0.388. The number of hydrogen-bond donors (Lipinski definition) is 0. The quantitative estimate of drug-likeness (QED) is 0.708.